The van der Waals surface area contributed by atoms with Crippen molar-refractivity contribution >= 4 is 17.6 Å². The standard InChI is InChI=1S/C15H13ClFNO3/c1-21-13-5-3-2-4-9(13)6-11(15(19)20)14-12(17)7-10(16)8-18-14/h2-5,7-8,11H,6H2,1H3,(H,19,20). The van der Waals surface area contributed by atoms with Crippen molar-refractivity contribution in [1.82, 2.24) is 4.98 Å². The van der Waals surface area contributed by atoms with Crippen LogP contribution in [0.3, 0.4) is 0 Å². The second kappa shape index (κ2) is 6.54. The summed E-state index contributed by atoms with van der Waals surface area (Å²) >= 11 is 5.64. The van der Waals surface area contributed by atoms with Crippen molar-refractivity contribution in [3.8, 4) is 5.75 Å². The van der Waals surface area contributed by atoms with Crippen molar-refractivity contribution in [3.05, 3.63) is 58.6 Å². The van der Waals surface area contributed by atoms with Gasteiger partial charge < -0.3 is 9.84 Å². The van der Waals surface area contributed by atoms with Crippen LogP contribution in [0.5, 0.6) is 5.75 Å². The largest absolute Gasteiger partial charge is 0.496 e. The Labute approximate surface area is 126 Å². The van der Waals surface area contributed by atoms with Crippen LogP contribution in [0.25, 0.3) is 0 Å². The van der Waals surface area contributed by atoms with Gasteiger partial charge in [-0.25, -0.2) is 4.39 Å². The number of para-hydroxylation sites is 1. The minimum atomic E-state index is -1.16. The van der Waals surface area contributed by atoms with Gasteiger partial charge in [-0.3, -0.25) is 9.78 Å². The quantitative estimate of drug-likeness (QED) is 0.920. The molecular weight excluding hydrogens is 297 g/mol. The molecule has 0 saturated heterocycles. The summed E-state index contributed by atoms with van der Waals surface area (Å²) in [7, 11) is 1.50. The second-order valence-corrected chi connectivity index (χ2v) is 4.86. The van der Waals surface area contributed by atoms with Crippen molar-refractivity contribution in [3.63, 3.8) is 0 Å². The molecule has 1 aromatic heterocycles. The predicted molar refractivity (Wildman–Crippen MR) is 76.3 cm³/mol. The van der Waals surface area contributed by atoms with Gasteiger partial charge in [0.05, 0.1) is 17.8 Å². The van der Waals surface area contributed by atoms with E-state index in [1.54, 1.807) is 24.3 Å². The summed E-state index contributed by atoms with van der Waals surface area (Å²) in [5, 5.41) is 9.49. The summed E-state index contributed by atoms with van der Waals surface area (Å²) in [5.41, 5.74) is 0.529. The zero-order valence-electron chi connectivity index (χ0n) is 11.2. The molecule has 1 atom stereocenters. The number of rotatable bonds is 5. The Morgan fingerprint density at radius 2 is 2.19 bits per heavy atom. The van der Waals surface area contributed by atoms with Crippen LogP contribution in [0.15, 0.2) is 36.5 Å². The fraction of sp³-hybridized carbons (Fsp3) is 0.200. The molecule has 0 radical (unpaired) electrons. The van der Waals surface area contributed by atoms with E-state index in [1.807, 2.05) is 0 Å². The molecule has 1 heterocycles. The number of aliphatic carboxylic acids is 1. The summed E-state index contributed by atoms with van der Waals surface area (Å²) in [5.74, 6) is -2.45. The Balaban J connectivity index is 2.38. The van der Waals surface area contributed by atoms with Crippen molar-refractivity contribution in [2.45, 2.75) is 12.3 Å². The lowest BCUT2D eigenvalue weighted by molar-refractivity contribution is -0.138. The Kier molecular flexibility index (Phi) is 4.75. The van der Waals surface area contributed by atoms with E-state index >= 15 is 0 Å². The molecule has 6 heteroatoms. The first kappa shape index (κ1) is 15.3. The smallest absolute Gasteiger partial charge is 0.313 e. The predicted octanol–water partition coefficient (Wildman–Crippen LogP) is 3.29. The number of pyridine rings is 1. The van der Waals surface area contributed by atoms with Crippen LogP contribution in [0.2, 0.25) is 5.02 Å². The number of hydrogen-bond donors (Lipinski definition) is 1. The van der Waals surface area contributed by atoms with E-state index in [4.69, 9.17) is 16.3 Å². The summed E-state index contributed by atoms with van der Waals surface area (Å²) in [6.07, 6.45) is 1.31. The van der Waals surface area contributed by atoms with Gasteiger partial charge in [0.15, 0.2) is 0 Å². The third-order valence-corrected chi connectivity index (χ3v) is 3.29. The topological polar surface area (TPSA) is 59.4 Å². The molecule has 1 aromatic carbocycles. The number of aromatic nitrogens is 1. The lowest BCUT2D eigenvalue weighted by Crippen LogP contribution is -2.18. The summed E-state index contributed by atoms with van der Waals surface area (Å²) in [6.45, 7) is 0. The Morgan fingerprint density at radius 3 is 2.81 bits per heavy atom. The second-order valence-electron chi connectivity index (χ2n) is 4.43. The maximum Gasteiger partial charge on any atom is 0.313 e. The molecular formula is C15H13ClFNO3. The summed E-state index contributed by atoms with van der Waals surface area (Å²) in [6, 6.07) is 8.06. The van der Waals surface area contributed by atoms with Crippen molar-refractivity contribution < 1.29 is 19.0 Å². The van der Waals surface area contributed by atoms with E-state index in [2.05, 4.69) is 4.98 Å². The van der Waals surface area contributed by atoms with Gasteiger partial charge in [-0.15, -0.1) is 0 Å². The van der Waals surface area contributed by atoms with Gasteiger partial charge in [-0.05, 0) is 24.1 Å². The number of carbonyl (C=O) groups is 1. The van der Waals surface area contributed by atoms with Crippen LogP contribution in [-0.2, 0) is 11.2 Å². The number of halogens is 2. The van der Waals surface area contributed by atoms with Gasteiger partial charge in [-0.2, -0.15) is 0 Å². The first-order chi connectivity index (χ1) is 10.0. The van der Waals surface area contributed by atoms with E-state index in [0.29, 0.717) is 11.3 Å². The van der Waals surface area contributed by atoms with Crippen LogP contribution >= 0.6 is 11.6 Å². The zero-order chi connectivity index (χ0) is 15.4. The molecule has 0 bridgehead atoms. The van der Waals surface area contributed by atoms with Crippen LogP contribution in [0.1, 0.15) is 17.2 Å². The molecule has 0 amide bonds. The SMILES string of the molecule is COc1ccccc1CC(C(=O)O)c1ncc(Cl)cc1F. The Morgan fingerprint density at radius 1 is 1.48 bits per heavy atom. The van der Waals surface area contributed by atoms with Crippen LogP contribution in [0, 0.1) is 5.82 Å². The van der Waals surface area contributed by atoms with Gasteiger partial charge in [0.1, 0.15) is 17.5 Å². The van der Waals surface area contributed by atoms with Gasteiger partial charge in [-0.1, -0.05) is 29.8 Å². The number of carboxylic acid groups (broad SMARTS) is 1. The van der Waals surface area contributed by atoms with E-state index in [1.165, 1.54) is 13.3 Å². The molecule has 0 fully saturated rings. The van der Waals surface area contributed by atoms with Gasteiger partial charge in [0, 0.05) is 6.20 Å². The van der Waals surface area contributed by atoms with Crippen LogP contribution < -0.4 is 4.74 Å². The minimum Gasteiger partial charge on any atom is -0.496 e. The molecule has 110 valence electrons. The lowest BCUT2D eigenvalue weighted by Gasteiger charge is -2.15. The monoisotopic (exact) mass is 309 g/mol. The normalized spacial score (nSPS) is 12.0. The third-order valence-electron chi connectivity index (χ3n) is 3.08. The first-order valence-corrected chi connectivity index (χ1v) is 6.56. The van der Waals surface area contributed by atoms with E-state index in [-0.39, 0.29) is 17.1 Å². The highest BCUT2D eigenvalue weighted by atomic mass is 35.5. The number of benzene rings is 1. The molecule has 0 aliphatic heterocycles. The number of carboxylic acids is 1. The molecule has 1 N–H and O–H groups in total. The van der Waals surface area contributed by atoms with Gasteiger partial charge >= 0.3 is 5.97 Å². The Hall–Kier alpha value is -2.14. The highest BCUT2D eigenvalue weighted by Gasteiger charge is 2.26. The van der Waals surface area contributed by atoms with E-state index in [9.17, 15) is 14.3 Å². The number of ether oxygens (including phenoxy) is 1. The molecule has 2 rings (SSSR count). The summed E-state index contributed by atoms with van der Waals surface area (Å²) < 4.78 is 19.1. The molecule has 21 heavy (non-hydrogen) atoms. The van der Waals surface area contributed by atoms with Crippen molar-refractivity contribution in [2.24, 2.45) is 0 Å². The van der Waals surface area contributed by atoms with Crippen LogP contribution in [0.4, 0.5) is 4.39 Å². The first-order valence-electron chi connectivity index (χ1n) is 6.18. The molecule has 0 aliphatic rings. The lowest BCUT2D eigenvalue weighted by atomic mass is 9.95. The molecule has 4 nitrogen and oxygen atoms in total. The molecule has 2 aromatic rings. The Bertz CT molecular complexity index is 663. The van der Waals surface area contributed by atoms with Gasteiger partial charge in [0.25, 0.3) is 0 Å². The van der Waals surface area contributed by atoms with Crippen molar-refractivity contribution in [2.75, 3.05) is 7.11 Å². The average molecular weight is 310 g/mol. The maximum atomic E-state index is 13.9. The highest BCUT2D eigenvalue weighted by molar-refractivity contribution is 6.30. The van der Waals surface area contributed by atoms with Crippen LogP contribution in [-0.4, -0.2) is 23.2 Å². The summed E-state index contributed by atoms with van der Waals surface area (Å²) in [4.78, 5) is 15.3. The number of methoxy groups -OCH3 is 1. The fourth-order valence-corrected chi connectivity index (χ4v) is 2.22. The highest BCUT2D eigenvalue weighted by Crippen LogP contribution is 2.28. The van der Waals surface area contributed by atoms with Crippen molar-refractivity contribution in [1.29, 1.82) is 0 Å². The minimum absolute atomic E-state index is 0.0743. The molecule has 0 aliphatic carbocycles. The number of hydrogen-bond acceptors (Lipinski definition) is 3. The fourth-order valence-electron chi connectivity index (χ4n) is 2.07. The third kappa shape index (κ3) is 3.49. The maximum absolute atomic E-state index is 13.9. The zero-order valence-corrected chi connectivity index (χ0v) is 12.0. The number of nitrogens with zero attached hydrogens (tertiary/aromatic N) is 1. The van der Waals surface area contributed by atoms with E-state index < -0.39 is 17.7 Å². The average Bonchev–Trinajstić information content (AvgIpc) is 2.45. The van der Waals surface area contributed by atoms with E-state index in [0.717, 1.165) is 6.07 Å². The molecule has 0 spiro atoms. The molecule has 0 saturated carbocycles. The van der Waals surface area contributed by atoms with Gasteiger partial charge in [0.2, 0.25) is 0 Å². The molecule has 1 unspecified atom stereocenters.